The van der Waals surface area contributed by atoms with Crippen molar-refractivity contribution in [2.75, 3.05) is 40.0 Å². The SMILES string of the molecule is COc1cc2c(cc1CN1CCC[C@@H]1c1nnc3n1CCNCC3)OCCO2. The molecule has 3 aliphatic rings. The van der Waals surface area contributed by atoms with Crippen molar-refractivity contribution in [3.05, 3.63) is 29.3 Å². The standard InChI is InChI=1S/C20H27N5O3/c1-26-16-12-18-17(27-9-10-28-18)11-14(16)13-24-7-2-3-15(24)20-23-22-19-4-5-21-6-8-25(19)20/h11-12,15,21H,2-10,13H2,1H3/t15-/m1/s1. The highest BCUT2D eigenvalue weighted by atomic mass is 16.6. The second kappa shape index (κ2) is 7.60. The van der Waals surface area contributed by atoms with Crippen molar-refractivity contribution >= 4 is 0 Å². The number of hydrogen-bond donors (Lipinski definition) is 1. The predicted molar refractivity (Wildman–Crippen MR) is 103 cm³/mol. The molecule has 1 aromatic carbocycles. The number of aromatic nitrogens is 3. The molecule has 0 amide bonds. The van der Waals surface area contributed by atoms with Gasteiger partial charge in [-0.05, 0) is 25.5 Å². The summed E-state index contributed by atoms with van der Waals surface area (Å²) in [6.45, 7) is 5.90. The Kier molecular flexibility index (Phi) is 4.82. The Balaban J connectivity index is 1.42. The Morgan fingerprint density at radius 1 is 1.14 bits per heavy atom. The summed E-state index contributed by atoms with van der Waals surface area (Å²) in [5.41, 5.74) is 1.12. The minimum atomic E-state index is 0.289. The van der Waals surface area contributed by atoms with E-state index in [1.807, 2.05) is 6.07 Å². The van der Waals surface area contributed by atoms with Crippen LogP contribution in [-0.2, 0) is 19.5 Å². The quantitative estimate of drug-likeness (QED) is 0.856. The van der Waals surface area contributed by atoms with Crippen molar-refractivity contribution in [3.8, 4) is 17.2 Å². The Hall–Kier alpha value is -2.32. The lowest BCUT2D eigenvalue weighted by atomic mass is 10.1. The summed E-state index contributed by atoms with van der Waals surface area (Å²) in [5.74, 6) is 4.62. The van der Waals surface area contributed by atoms with Crippen LogP contribution in [0.1, 0.15) is 36.1 Å². The number of nitrogens with one attached hydrogen (secondary N) is 1. The number of hydrogen-bond acceptors (Lipinski definition) is 7. The molecule has 8 heteroatoms. The van der Waals surface area contributed by atoms with E-state index in [-0.39, 0.29) is 6.04 Å². The van der Waals surface area contributed by atoms with Gasteiger partial charge in [-0.1, -0.05) is 0 Å². The highest BCUT2D eigenvalue weighted by molar-refractivity contribution is 5.51. The highest BCUT2D eigenvalue weighted by Gasteiger charge is 2.32. The lowest BCUT2D eigenvalue weighted by Gasteiger charge is -2.26. The molecule has 0 aliphatic carbocycles. The maximum Gasteiger partial charge on any atom is 0.165 e. The first-order chi connectivity index (χ1) is 13.8. The third-order valence-electron chi connectivity index (χ3n) is 5.87. The first-order valence-corrected chi connectivity index (χ1v) is 10.2. The Bertz CT molecular complexity index is 853. The largest absolute Gasteiger partial charge is 0.496 e. The smallest absolute Gasteiger partial charge is 0.165 e. The molecule has 8 nitrogen and oxygen atoms in total. The van der Waals surface area contributed by atoms with Crippen molar-refractivity contribution in [1.29, 1.82) is 0 Å². The summed E-state index contributed by atoms with van der Waals surface area (Å²) in [6, 6.07) is 4.30. The van der Waals surface area contributed by atoms with Gasteiger partial charge in [-0.3, -0.25) is 4.90 Å². The van der Waals surface area contributed by atoms with E-state index in [2.05, 4.69) is 31.0 Å². The van der Waals surface area contributed by atoms with E-state index >= 15 is 0 Å². The second-order valence-electron chi connectivity index (χ2n) is 7.56. The molecular weight excluding hydrogens is 358 g/mol. The zero-order valence-corrected chi connectivity index (χ0v) is 16.3. The van der Waals surface area contributed by atoms with Crippen LogP contribution in [-0.4, -0.2) is 59.6 Å². The number of nitrogens with zero attached hydrogens (tertiary/aromatic N) is 4. The van der Waals surface area contributed by atoms with Crippen molar-refractivity contribution in [2.24, 2.45) is 0 Å². The Morgan fingerprint density at radius 3 is 2.86 bits per heavy atom. The normalized spacial score (nSPS) is 22.0. The second-order valence-corrected chi connectivity index (χ2v) is 7.56. The van der Waals surface area contributed by atoms with E-state index in [0.29, 0.717) is 13.2 Å². The molecule has 1 aromatic heterocycles. The van der Waals surface area contributed by atoms with Gasteiger partial charge in [0.25, 0.3) is 0 Å². The van der Waals surface area contributed by atoms with Crippen LogP contribution in [0.4, 0.5) is 0 Å². The first kappa shape index (κ1) is 17.8. The lowest BCUT2D eigenvalue weighted by Crippen LogP contribution is -2.27. The lowest BCUT2D eigenvalue weighted by molar-refractivity contribution is 0.169. The van der Waals surface area contributed by atoms with Gasteiger partial charge in [0, 0.05) is 44.2 Å². The molecule has 0 saturated carbocycles. The van der Waals surface area contributed by atoms with Crippen molar-refractivity contribution in [3.63, 3.8) is 0 Å². The third kappa shape index (κ3) is 3.20. The van der Waals surface area contributed by atoms with Crippen LogP contribution < -0.4 is 19.5 Å². The molecular formula is C20H27N5O3. The van der Waals surface area contributed by atoms with Gasteiger partial charge in [-0.15, -0.1) is 10.2 Å². The fourth-order valence-corrected chi connectivity index (χ4v) is 4.49. The topological polar surface area (TPSA) is 73.7 Å². The third-order valence-corrected chi connectivity index (χ3v) is 5.87. The van der Waals surface area contributed by atoms with Gasteiger partial charge in [0.1, 0.15) is 30.6 Å². The molecule has 3 aliphatic heterocycles. The molecule has 0 radical (unpaired) electrons. The van der Waals surface area contributed by atoms with Gasteiger partial charge >= 0.3 is 0 Å². The maximum atomic E-state index is 5.78. The fourth-order valence-electron chi connectivity index (χ4n) is 4.49. The molecule has 28 heavy (non-hydrogen) atoms. The molecule has 1 fully saturated rings. The average Bonchev–Trinajstić information content (AvgIpc) is 3.27. The Morgan fingerprint density at radius 2 is 2.00 bits per heavy atom. The van der Waals surface area contributed by atoms with Gasteiger partial charge in [0.2, 0.25) is 0 Å². The number of rotatable bonds is 4. The number of benzene rings is 1. The van der Waals surface area contributed by atoms with Gasteiger partial charge in [0.15, 0.2) is 11.5 Å². The summed E-state index contributed by atoms with van der Waals surface area (Å²) in [6.07, 6.45) is 3.21. The molecule has 0 spiro atoms. The number of fused-ring (bicyclic) bond motifs is 2. The molecule has 1 saturated heterocycles. The zero-order valence-electron chi connectivity index (χ0n) is 16.3. The monoisotopic (exact) mass is 385 g/mol. The first-order valence-electron chi connectivity index (χ1n) is 10.2. The number of ether oxygens (including phenoxy) is 3. The van der Waals surface area contributed by atoms with E-state index in [4.69, 9.17) is 14.2 Å². The van der Waals surface area contributed by atoms with Crippen molar-refractivity contribution in [2.45, 2.75) is 38.4 Å². The summed E-state index contributed by atoms with van der Waals surface area (Å²) < 4.78 is 19.5. The van der Waals surface area contributed by atoms with Crippen LogP contribution in [0.2, 0.25) is 0 Å². The number of methoxy groups -OCH3 is 1. The van der Waals surface area contributed by atoms with Gasteiger partial charge < -0.3 is 24.1 Å². The van der Waals surface area contributed by atoms with Crippen LogP contribution >= 0.6 is 0 Å². The van der Waals surface area contributed by atoms with Crippen LogP contribution in [0.5, 0.6) is 17.2 Å². The van der Waals surface area contributed by atoms with E-state index < -0.39 is 0 Å². The van der Waals surface area contributed by atoms with E-state index in [1.165, 1.54) is 0 Å². The highest BCUT2D eigenvalue weighted by Crippen LogP contribution is 2.39. The summed E-state index contributed by atoms with van der Waals surface area (Å²) >= 11 is 0. The molecule has 2 aromatic rings. The zero-order chi connectivity index (χ0) is 18.9. The van der Waals surface area contributed by atoms with E-state index in [1.54, 1.807) is 7.11 Å². The molecule has 0 bridgehead atoms. The molecule has 4 heterocycles. The number of likely N-dealkylation sites (tertiary alicyclic amines) is 1. The molecule has 150 valence electrons. The fraction of sp³-hybridized carbons (Fsp3) is 0.600. The maximum absolute atomic E-state index is 5.78. The molecule has 0 unspecified atom stereocenters. The molecule has 1 N–H and O–H groups in total. The van der Waals surface area contributed by atoms with E-state index in [9.17, 15) is 0 Å². The van der Waals surface area contributed by atoms with Crippen LogP contribution in [0.15, 0.2) is 12.1 Å². The molecule has 5 rings (SSSR count). The summed E-state index contributed by atoms with van der Waals surface area (Å²) in [4.78, 5) is 2.49. The van der Waals surface area contributed by atoms with Crippen LogP contribution in [0.25, 0.3) is 0 Å². The average molecular weight is 385 g/mol. The minimum Gasteiger partial charge on any atom is -0.496 e. The van der Waals surface area contributed by atoms with Gasteiger partial charge in [-0.25, -0.2) is 0 Å². The predicted octanol–water partition coefficient (Wildman–Crippen LogP) is 1.54. The van der Waals surface area contributed by atoms with Gasteiger partial charge in [-0.2, -0.15) is 0 Å². The van der Waals surface area contributed by atoms with Crippen LogP contribution in [0.3, 0.4) is 0 Å². The van der Waals surface area contributed by atoms with Crippen molar-refractivity contribution < 1.29 is 14.2 Å². The molecule has 1 atom stereocenters. The Labute approximate surface area is 164 Å². The minimum absolute atomic E-state index is 0.289. The van der Waals surface area contributed by atoms with E-state index in [0.717, 1.165) is 86.4 Å². The van der Waals surface area contributed by atoms with Gasteiger partial charge in [0.05, 0.1) is 13.2 Å². The summed E-state index contributed by atoms with van der Waals surface area (Å²) in [5, 5.41) is 12.5. The van der Waals surface area contributed by atoms with Crippen molar-refractivity contribution in [1.82, 2.24) is 25.0 Å². The summed E-state index contributed by atoms with van der Waals surface area (Å²) in [7, 11) is 1.71. The van der Waals surface area contributed by atoms with Crippen LogP contribution in [0, 0.1) is 0 Å².